The Morgan fingerprint density at radius 3 is 2.91 bits per heavy atom. The van der Waals surface area contributed by atoms with Crippen molar-refractivity contribution in [1.82, 2.24) is 10.2 Å². The van der Waals surface area contributed by atoms with Gasteiger partial charge in [0.15, 0.2) is 0 Å². The normalized spacial score (nSPS) is 10.3. The number of carbonyl (C=O) groups is 2. The summed E-state index contributed by atoms with van der Waals surface area (Å²) >= 11 is 1.32. The fourth-order valence-corrected chi connectivity index (χ4v) is 2.55. The summed E-state index contributed by atoms with van der Waals surface area (Å²) in [7, 11) is 3.41. The average molecular weight is 338 g/mol. The number of ether oxygens (including phenoxy) is 1. The van der Waals surface area contributed by atoms with E-state index in [1.807, 2.05) is 6.07 Å². The summed E-state index contributed by atoms with van der Waals surface area (Å²) < 4.78 is 4.90. The molecule has 0 aliphatic heterocycles. The third kappa shape index (κ3) is 7.74. The van der Waals surface area contributed by atoms with Crippen LogP contribution in [0.15, 0.2) is 11.4 Å². The first-order valence-corrected chi connectivity index (χ1v) is 8.16. The number of nitriles is 1. The van der Waals surface area contributed by atoms with Gasteiger partial charge in [0.05, 0.1) is 12.1 Å². The molecule has 0 fully saturated rings. The Balaban J connectivity index is 2.22. The number of carbonyl (C=O) groups excluding carboxylic acids is 2. The third-order valence-electron chi connectivity index (χ3n) is 3.02. The zero-order valence-corrected chi connectivity index (χ0v) is 14.2. The largest absolute Gasteiger partial charge is 0.385 e. The molecule has 23 heavy (non-hydrogen) atoms. The number of methoxy groups -OCH3 is 1. The molecule has 0 aliphatic rings. The Morgan fingerprint density at radius 2 is 2.22 bits per heavy atom. The predicted molar refractivity (Wildman–Crippen MR) is 89.3 cm³/mol. The van der Waals surface area contributed by atoms with Crippen molar-refractivity contribution >= 4 is 28.2 Å². The van der Waals surface area contributed by atoms with E-state index in [0.717, 1.165) is 6.42 Å². The van der Waals surface area contributed by atoms with E-state index in [4.69, 9.17) is 10.00 Å². The van der Waals surface area contributed by atoms with E-state index in [2.05, 4.69) is 10.6 Å². The maximum atomic E-state index is 11.9. The van der Waals surface area contributed by atoms with Gasteiger partial charge in [0.1, 0.15) is 11.1 Å². The molecule has 1 aromatic rings. The van der Waals surface area contributed by atoms with Crippen molar-refractivity contribution in [1.29, 1.82) is 5.26 Å². The van der Waals surface area contributed by atoms with Crippen molar-refractivity contribution in [2.45, 2.75) is 12.8 Å². The number of nitrogens with zero attached hydrogens (tertiary/aromatic N) is 2. The lowest BCUT2D eigenvalue weighted by atomic mass is 10.3. The maximum absolute atomic E-state index is 11.9. The van der Waals surface area contributed by atoms with Crippen molar-refractivity contribution in [2.24, 2.45) is 0 Å². The van der Waals surface area contributed by atoms with Gasteiger partial charge in [0.2, 0.25) is 11.8 Å². The van der Waals surface area contributed by atoms with Crippen LogP contribution < -0.4 is 10.6 Å². The molecule has 0 saturated heterocycles. The number of likely N-dealkylation sites (N-methyl/N-ethyl adjacent to an activating group) is 1. The summed E-state index contributed by atoms with van der Waals surface area (Å²) in [6, 6.07) is 3.69. The molecule has 1 heterocycles. The van der Waals surface area contributed by atoms with Crippen LogP contribution in [0, 0.1) is 11.3 Å². The zero-order chi connectivity index (χ0) is 17.1. The number of hydrogen-bond acceptors (Lipinski definition) is 6. The van der Waals surface area contributed by atoms with Gasteiger partial charge >= 0.3 is 0 Å². The fourth-order valence-electron chi connectivity index (χ4n) is 1.80. The van der Waals surface area contributed by atoms with Gasteiger partial charge in [-0.2, -0.15) is 5.26 Å². The molecule has 0 unspecified atom stereocenters. The minimum absolute atomic E-state index is 0.0750. The second-order valence-electron chi connectivity index (χ2n) is 5.01. The highest BCUT2D eigenvalue weighted by atomic mass is 32.1. The molecule has 0 saturated carbocycles. The van der Waals surface area contributed by atoms with Gasteiger partial charge in [-0.25, -0.2) is 0 Å². The summed E-state index contributed by atoms with van der Waals surface area (Å²) in [6.45, 7) is 1.90. The minimum Gasteiger partial charge on any atom is -0.385 e. The minimum atomic E-state index is -0.170. The number of rotatable bonds is 10. The molecule has 0 bridgehead atoms. The van der Waals surface area contributed by atoms with E-state index in [0.29, 0.717) is 30.3 Å². The molecule has 2 amide bonds. The van der Waals surface area contributed by atoms with Crippen LogP contribution in [0.1, 0.15) is 18.4 Å². The first-order chi connectivity index (χ1) is 11.1. The lowest BCUT2D eigenvalue weighted by Crippen LogP contribution is -2.37. The first-order valence-electron chi connectivity index (χ1n) is 7.28. The van der Waals surface area contributed by atoms with Crippen molar-refractivity contribution < 1.29 is 14.3 Å². The van der Waals surface area contributed by atoms with E-state index in [1.54, 1.807) is 30.5 Å². The average Bonchev–Trinajstić information content (AvgIpc) is 2.96. The SMILES string of the molecule is COCCCNC(=O)CN(C)CCC(=O)Nc1sccc1C#N. The van der Waals surface area contributed by atoms with Gasteiger partial charge in [-0.3, -0.25) is 14.5 Å². The molecule has 8 heteroatoms. The van der Waals surface area contributed by atoms with Crippen molar-refractivity contribution in [3.63, 3.8) is 0 Å². The Kier molecular flexibility index (Phi) is 8.90. The standard InChI is InChI=1S/C15H22N4O3S/c1-19(11-14(21)17-6-3-8-22-2)7-4-13(20)18-15-12(10-16)5-9-23-15/h5,9H,3-4,6-8,11H2,1-2H3,(H,17,21)(H,18,20). The summed E-state index contributed by atoms with van der Waals surface area (Å²) in [5.41, 5.74) is 0.465. The molecule has 126 valence electrons. The molecule has 0 spiro atoms. The van der Waals surface area contributed by atoms with E-state index in [1.165, 1.54) is 11.3 Å². The first kappa shape index (κ1) is 19.1. The van der Waals surface area contributed by atoms with Gasteiger partial charge in [0.25, 0.3) is 0 Å². The molecule has 1 rings (SSSR count). The van der Waals surface area contributed by atoms with Crippen LogP contribution in [0.25, 0.3) is 0 Å². The van der Waals surface area contributed by atoms with Gasteiger partial charge < -0.3 is 15.4 Å². The molecule has 1 aromatic heterocycles. The smallest absolute Gasteiger partial charge is 0.234 e. The van der Waals surface area contributed by atoms with Crippen LogP contribution in [0.5, 0.6) is 0 Å². The number of nitrogens with one attached hydrogen (secondary N) is 2. The number of anilines is 1. The molecule has 7 nitrogen and oxygen atoms in total. The van der Waals surface area contributed by atoms with Gasteiger partial charge in [-0.05, 0) is 24.9 Å². The van der Waals surface area contributed by atoms with Crippen LogP contribution >= 0.6 is 11.3 Å². The molecular formula is C15H22N4O3S. The highest BCUT2D eigenvalue weighted by Gasteiger charge is 2.11. The molecule has 0 aromatic carbocycles. The van der Waals surface area contributed by atoms with Crippen LogP contribution in [0.3, 0.4) is 0 Å². The van der Waals surface area contributed by atoms with Gasteiger partial charge in [-0.15, -0.1) is 11.3 Å². The lowest BCUT2D eigenvalue weighted by molar-refractivity contribution is -0.122. The molecule has 0 atom stereocenters. The van der Waals surface area contributed by atoms with Crippen molar-refractivity contribution in [3.8, 4) is 6.07 Å². The highest BCUT2D eigenvalue weighted by Crippen LogP contribution is 2.22. The zero-order valence-electron chi connectivity index (χ0n) is 13.4. The summed E-state index contributed by atoms with van der Waals surface area (Å²) in [5.74, 6) is -0.245. The van der Waals surface area contributed by atoms with Gasteiger partial charge in [-0.1, -0.05) is 0 Å². The van der Waals surface area contributed by atoms with Crippen LogP contribution in [0.4, 0.5) is 5.00 Å². The highest BCUT2D eigenvalue weighted by molar-refractivity contribution is 7.14. The van der Waals surface area contributed by atoms with Crippen LogP contribution in [0.2, 0.25) is 0 Å². The molecule has 2 N–H and O–H groups in total. The second kappa shape index (κ2) is 10.7. The number of thiophene rings is 1. The lowest BCUT2D eigenvalue weighted by Gasteiger charge is -2.15. The van der Waals surface area contributed by atoms with Gasteiger partial charge in [0, 0.05) is 33.2 Å². The monoisotopic (exact) mass is 338 g/mol. The maximum Gasteiger partial charge on any atom is 0.234 e. The third-order valence-corrected chi connectivity index (χ3v) is 3.85. The number of amides is 2. The Labute approximate surface area is 140 Å². The second-order valence-corrected chi connectivity index (χ2v) is 5.92. The van der Waals surface area contributed by atoms with E-state index in [-0.39, 0.29) is 24.8 Å². The van der Waals surface area contributed by atoms with Crippen LogP contribution in [-0.4, -0.2) is 57.1 Å². The van der Waals surface area contributed by atoms with E-state index >= 15 is 0 Å². The molecule has 0 radical (unpaired) electrons. The van der Waals surface area contributed by atoms with Crippen LogP contribution in [-0.2, 0) is 14.3 Å². The Bertz CT molecular complexity index is 553. The Morgan fingerprint density at radius 1 is 1.43 bits per heavy atom. The van der Waals surface area contributed by atoms with E-state index < -0.39 is 0 Å². The molecular weight excluding hydrogens is 316 g/mol. The summed E-state index contributed by atoms with van der Waals surface area (Å²) in [6.07, 6.45) is 1.03. The quantitative estimate of drug-likeness (QED) is 0.622. The van der Waals surface area contributed by atoms with E-state index in [9.17, 15) is 9.59 Å². The van der Waals surface area contributed by atoms with Crippen molar-refractivity contribution in [3.05, 3.63) is 17.0 Å². The van der Waals surface area contributed by atoms with Crippen molar-refractivity contribution in [2.75, 3.05) is 45.7 Å². The summed E-state index contributed by atoms with van der Waals surface area (Å²) in [4.78, 5) is 25.3. The predicted octanol–water partition coefficient (Wildman–Crippen LogP) is 1.03. The topological polar surface area (TPSA) is 94.5 Å². The fraction of sp³-hybridized carbons (Fsp3) is 0.533. The molecule has 0 aliphatic carbocycles. The number of hydrogen-bond donors (Lipinski definition) is 2. The Hall–Kier alpha value is -1.95. The summed E-state index contributed by atoms with van der Waals surface area (Å²) in [5, 5.41) is 16.7.